The molecule has 0 unspecified atom stereocenters. The third kappa shape index (κ3) is 3.02. The minimum atomic E-state index is 0.214. The first-order valence-corrected chi connectivity index (χ1v) is 7.15. The summed E-state index contributed by atoms with van der Waals surface area (Å²) in [5.74, 6) is 0.649. The Morgan fingerprint density at radius 2 is 1.78 bits per heavy atom. The van der Waals surface area contributed by atoms with Gasteiger partial charge in [-0.3, -0.25) is 0 Å². The summed E-state index contributed by atoms with van der Waals surface area (Å²) < 4.78 is 1.89. The molecule has 0 bridgehead atoms. The van der Waals surface area contributed by atoms with Crippen molar-refractivity contribution < 1.29 is 0 Å². The molecule has 3 nitrogen and oxygen atoms in total. The van der Waals surface area contributed by atoms with Gasteiger partial charge >= 0.3 is 0 Å². The van der Waals surface area contributed by atoms with Gasteiger partial charge in [-0.25, -0.2) is 4.98 Å². The van der Waals surface area contributed by atoms with Crippen LogP contribution in [0.3, 0.4) is 0 Å². The van der Waals surface area contributed by atoms with E-state index in [2.05, 4.69) is 47.1 Å². The summed E-state index contributed by atoms with van der Waals surface area (Å²) in [6.45, 7) is 4.09. The van der Waals surface area contributed by atoms with E-state index in [4.69, 9.17) is 11.6 Å². The summed E-state index contributed by atoms with van der Waals surface area (Å²) in [6, 6.07) is 4.08. The molecule has 0 saturated carbocycles. The van der Waals surface area contributed by atoms with Gasteiger partial charge in [-0.05, 0) is 64.6 Å². The highest BCUT2D eigenvalue weighted by Crippen LogP contribution is 2.29. The molecule has 0 fully saturated rings. The summed E-state index contributed by atoms with van der Waals surface area (Å²) in [6.07, 6.45) is 1.62. The number of hydrogen-bond acceptors (Lipinski definition) is 3. The maximum atomic E-state index is 5.78. The van der Waals surface area contributed by atoms with Gasteiger partial charge in [0.05, 0.1) is 4.47 Å². The standard InChI is InChI=1S/C12H10Br2ClN3/c1-6-3-8(4-7(2)10(6)14)17-11-9(13)5-16-12(15)18-11/h3-5H,1-2H3,(H,16,17,18). The van der Waals surface area contributed by atoms with Gasteiger partial charge in [0.15, 0.2) is 0 Å². The van der Waals surface area contributed by atoms with E-state index in [1.165, 1.54) is 0 Å². The molecule has 0 aliphatic heterocycles. The van der Waals surface area contributed by atoms with E-state index in [0.29, 0.717) is 5.82 Å². The number of anilines is 2. The Kier molecular flexibility index (Phi) is 4.25. The molecular formula is C12H10Br2ClN3. The van der Waals surface area contributed by atoms with Crippen LogP contribution in [0.2, 0.25) is 5.28 Å². The molecule has 0 aliphatic rings. The Hall–Kier alpha value is -0.650. The molecule has 0 atom stereocenters. The highest BCUT2D eigenvalue weighted by Gasteiger charge is 2.07. The Labute approximate surface area is 127 Å². The third-order valence-corrected chi connectivity index (χ3v) is 4.43. The molecular weight excluding hydrogens is 381 g/mol. The van der Waals surface area contributed by atoms with Gasteiger partial charge in [0.25, 0.3) is 0 Å². The summed E-state index contributed by atoms with van der Waals surface area (Å²) in [5, 5.41) is 3.43. The Morgan fingerprint density at radius 1 is 1.17 bits per heavy atom. The fourth-order valence-electron chi connectivity index (χ4n) is 1.59. The van der Waals surface area contributed by atoms with Crippen LogP contribution < -0.4 is 5.32 Å². The zero-order valence-electron chi connectivity index (χ0n) is 9.76. The molecule has 0 saturated heterocycles. The van der Waals surface area contributed by atoms with Crippen LogP contribution >= 0.6 is 43.5 Å². The number of nitrogens with one attached hydrogen (secondary N) is 1. The van der Waals surface area contributed by atoms with Crippen LogP contribution in [-0.4, -0.2) is 9.97 Å². The summed E-state index contributed by atoms with van der Waals surface area (Å²) in [5.41, 5.74) is 3.28. The van der Waals surface area contributed by atoms with Crippen molar-refractivity contribution in [3.63, 3.8) is 0 Å². The van der Waals surface area contributed by atoms with E-state index < -0.39 is 0 Å². The van der Waals surface area contributed by atoms with E-state index in [1.54, 1.807) is 6.20 Å². The molecule has 0 radical (unpaired) electrons. The maximum Gasteiger partial charge on any atom is 0.224 e. The van der Waals surface area contributed by atoms with Crippen LogP contribution in [0.1, 0.15) is 11.1 Å². The lowest BCUT2D eigenvalue weighted by atomic mass is 10.1. The number of benzene rings is 1. The number of nitrogens with zero attached hydrogens (tertiary/aromatic N) is 2. The topological polar surface area (TPSA) is 37.8 Å². The molecule has 2 aromatic rings. The van der Waals surface area contributed by atoms with Crippen LogP contribution in [0.25, 0.3) is 0 Å². The van der Waals surface area contributed by atoms with Crippen molar-refractivity contribution in [1.82, 2.24) is 9.97 Å². The molecule has 1 aromatic heterocycles. The second-order valence-corrected chi connectivity index (χ2v) is 5.87. The first-order valence-electron chi connectivity index (χ1n) is 5.19. The van der Waals surface area contributed by atoms with Crippen molar-refractivity contribution in [3.05, 3.63) is 43.7 Å². The normalized spacial score (nSPS) is 10.5. The van der Waals surface area contributed by atoms with Gasteiger partial charge in [-0.15, -0.1) is 0 Å². The highest BCUT2D eigenvalue weighted by atomic mass is 79.9. The monoisotopic (exact) mass is 389 g/mol. The van der Waals surface area contributed by atoms with Gasteiger partial charge < -0.3 is 5.32 Å². The van der Waals surface area contributed by atoms with E-state index >= 15 is 0 Å². The Morgan fingerprint density at radius 3 is 2.39 bits per heavy atom. The van der Waals surface area contributed by atoms with Gasteiger partial charge in [0.2, 0.25) is 5.28 Å². The second-order valence-electron chi connectivity index (χ2n) is 3.88. The van der Waals surface area contributed by atoms with Crippen molar-refractivity contribution in [1.29, 1.82) is 0 Å². The van der Waals surface area contributed by atoms with Crippen molar-refractivity contribution in [3.8, 4) is 0 Å². The zero-order valence-corrected chi connectivity index (χ0v) is 13.7. The lowest BCUT2D eigenvalue weighted by Crippen LogP contribution is -1.97. The number of halogens is 3. The lowest BCUT2D eigenvalue weighted by molar-refractivity contribution is 1.15. The average Bonchev–Trinajstić information content (AvgIpc) is 2.31. The number of rotatable bonds is 2. The fourth-order valence-corrected chi connectivity index (χ4v) is 2.24. The molecule has 0 aliphatic carbocycles. The Balaban J connectivity index is 2.37. The van der Waals surface area contributed by atoms with E-state index in [-0.39, 0.29) is 5.28 Å². The first kappa shape index (κ1) is 13.8. The van der Waals surface area contributed by atoms with Crippen molar-refractivity contribution in [2.45, 2.75) is 13.8 Å². The summed E-state index contributed by atoms with van der Waals surface area (Å²) >= 11 is 12.7. The summed E-state index contributed by atoms with van der Waals surface area (Å²) in [4.78, 5) is 8.02. The molecule has 1 heterocycles. The third-order valence-electron chi connectivity index (χ3n) is 2.41. The number of aryl methyl sites for hydroxylation is 2. The quantitative estimate of drug-likeness (QED) is 0.731. The van der Waals surface area contributed by atoms with E-state index in [1.807, 2.05) is 26.0 Å². The summed E-state index contributed by atoms with van der Waals surface area (Å²) in [7, 11) is 0. The van der Waals surface area contributed by atoms with Crippen molar-refractivity contribution >= 4 is 55.0 Å². The molecule has 0 spiro atoms. The van der Waals surface area contributed by atoms with Gasteiger partial charge in [0.1, 0.15) is 5.82 Å². The van der Waals surface area contributed by atoms with Gasteiger partial charge in [0, 0.05) is 16.4 Å². The highest BCUT2D eigenvalue weighted by molar-refractivity contribution is 9.11. The van der Waals surface area contributed by atoms with Crippen LogP contribution in [0.4, 0.5) is 11.5 Å². The van der Waals surface area contributed by atoms with Crippen LogP contribution in [0.15, 0.2) is 27.3 Å². The molecule has 1 aromatic carbocycles. The van der Waals surface area contributed by atoms with Gasteiger partial charge in [-0.1, -0.05) is 15.9 Å². The zero-order chi connectivity index (χ0) is 13.3. The Bertz CT molecular complexity index is 579. The smallest absolute Gasteiger partial charge is 0.224 e. The van der Waals surface area contributed by atoms with Crippen molar-refractivity contribution in [2.75, 3.05) is 5.32 Å². The van der Waals surface area contributed by atoms with Crippen LogP contribution in [-0.2, 0) is 0 Å². The lowest BCUT2D eigenvalue weighted by Gasteiger charge is -2.11. The van der Waals surface area contributed by atoms with Gasteiger partial charge in [-0.2, -0.15) is 4.98 Å². The fraction of sp³-hybridized carbons (Fsp3) is 0.167. The largest absolute Gasteiger partial charge is 0.339 e. The minimum absolute atomic E-state index is 0.214. The first-order chi connectivity index (χ1) is 8.47. The second kappa shape index (κ2) is 5.55. The molecule has 6 heteroatoms. The predicted molar refractivity (Wildman–Crippen MR) is 81.6 cm³/mol. The SMILES string of the molecule is Cc1cc(Nc2nc(Cl)ncc2Br)cc(C)c1Br. The molecule has 94 valence electrons. The van der Waals surface area contributed by atoms with E-state index in [0.717, 1.165) is 25.8 Å². The number of aromatic nitrogens is 2. The molecule has 1 N–H and O–H groups in total. The van der Waals surface area contributed by atoms with Crippen molar-refractivity contribution in [2.24, 2.45) is 0 Å². The van der Waals surface area contributed by atoms with Crippen LogP contribution in [0.5, 0.6) is 0 Å². The molecule has 2 rings (SSSR count). The minimum Gasteiger partial charge on any atom is -0.339 e. The maximum absolute atomic E-state index is 5.78. The number of hydrogen-bond donors (Lipinski definition) is 1. The van der Waals surface area contributed by atoms with Crippen LogP contribution in [0, 0.1) is 13.8 Å². The average molecular weight is 391 g/mol. The molecule has 0 amide bonds. The predicted octanol–water partition coefficient (Wildman–Crippen LogP) is 5.02. The molecule has 18 heavy (non-hydrogen) atoms. The van der Waals surface area contributed by atoms with E-state index in [9.17, 15) is 0 Å².